The number of rotatable bonds is 2. The zero-order valence-corrected chi connectivity index (χ0v) is 17.6. The van der Waals surface area contributed by atoms with Crippen LogP contribution in [0.5, 0.6) is 0 Å². The number of hydrogen-bond donors (Lipinski definition) is 1. The van der Waals surface area contributed by atoms with Crippen LogP contribution >= 0.6 is 24.8 Å². The molecule has 4 rings (SSSR count). The van der Waals surface area contributed by atoms with Gasteiger partial charge in [-0.1, -0.05) is 32.0 Å². The number of benzene rings is 1. The fourth-order valence-electron chi connectivity index (χ4n) is 4.26. The average Bonchev–Trinajstić information content (AvgIpc) is 2.98. The van der Waals surface area contributed by atoms with Gasteiger partial charge in [-0.2, -0.15) is 0 Å². The molecule has 148 valence electrons. The largest absolute Gasteiger partial charge is 0.339 e. The van der Waals surface area contributed by atoms with E-state index in [1.165, 1.54) is 0 Å². The van der Waals surface area contributed by atoms with E-state index in [1.807, 2.05) is 30.3 Å². The molecule has 0 spiro atoms. The number of nitrogens with one attached hydrogen (secondary N) is 1. The molecule has 2 fully saturated rings. The molecular weight excluding hydrogens is 381 g/mol. The van der Waals surface area contributed by atoms with Crippen LogP contribution in [0.25, 0.3) is 10.9 Å². The van der Waals surface area contributed by atoms with Crippen LogP contribution in [0.15, 0.2) is 30.3 Å². The van der Waals surface area contributed by atoms with Gasteiger partial charge in [-0.05, 0) is 55.8 Å². The van der Waals surface area contributed by atoms with Gasteiger partial charge in [-0.15, -0.1) is 24.8 Å². The smallest absolute Gasteiger partial charge is 0.254 e. The number of hydrogen-bond acceptors (Lipinski definition) is 3. The summed E-state index contributed by atoms with van der Waals surface area (Å²) in [6.07, 6.45) is 2.23. The molecule has 2 aromatic rings. The standard InChI is InChI=1S/C21H27N3O.2ClH/c1-14(2)20-11-18(17-5-3-4-6-19(17)23-20)21(25)24-9-7-15-12-22-13-16(15)8-10-24;;/h3-6,11,14-16,22H,7-10,12-13H2,1-2H3;2*1H/t15-,16+;;. The molecule has 27 heavy (non-hydrogen) atoms. The third-order valence-corrected chi connectivity index (χ3v) is 5.86. The second-order valence-corrected chi connectivity index (χ2v) is 7.81. The van der Waals surface area contributed by atoms with Gasteiger partial charge in [0.05, 0.1) is 11.1 Å². The molecule has 1 aromatic carbocycles. The maximum absolute atomic E-state index is 13.3. The molecule has 1 amide bonds. The summed E-state index contributed by atoms with van der Waals surface area (Å²) >= 11 is 0. The van der Waals surface area contributed by atoms with E-state index in [1.54, 1.807) is 0 Å². The predicted octanol–water partition coefficient (Wildman–Crippen LogP) is 4.27. The summed E-state index contributed by atoms with van der Waals surface area (Å²) in [5, 5.41) is 4.48. The van der Waals surface area contributed by atoms with E-state index < -0.39 is 0 Å². The summed E-state index contributed by atoms with van der Waals surface area (Å²) in [5.41, 5.74) is 2.74. The number of nitrogens with zero attached hydrogens (tertiary/aromatic N) is 2. The monoisotopic (exact) mass is 409 g/mol. The van der Waals surface area contributed by atoms with Gasteiger partial charge in [0.1, 0.15) is 0 Å². The number of aromatic nitrogens is 1. The molecule has 6 heteroatoms. The lowest BCUT2D eigenvalue weighted by Gasteiger charge is -2.22. The quantitative estimate of drug-likeness (QED) is 0.804. The van der Waals surface area contributed by atoms with Crippen LogP contribution in [-0.2, 0) is 0 Å². The summed E-state index contributed by atoms with van der Waals surface area (Å²) in [7, 11) is 0. The Balaban J connectivity index is 0.00000131. The Hall–Kier alpha value is -1.36. The minimum atomic E-state index is 0. The Morgan fingerprint density at radius 3 is 2.37 bits per heavy atom. The van der Waals surface area contributed by atoms with Crippen LogP contribution in [0.2, 0.25) is 0 Å². The molecule has 0 bridgehead atoms. The molecule has 0 saturated carbocycles. The van der Waals surface area contributed by atoms with Crippen LogP contribution in [0.4, 0.5) is 0 Å². The van der Waals surface area contributed by atoms with Gasteiger partial charge >= 0.3 is 0 Å². The molecule has 2 atom stereocenters. The molecule has 4 nitrogen and oxygen atoms in total. The minimum Gasteiger partial charge on any atom is -0.339 e. The lowest BCUT2D eigenvalue weighted by atomic mass is 9.92. The number of halogens is 2. The summed E-state index contributed by atoms with van der Waals surface area (Å²) in [5.74, 6) is 1.95. The zero-order valence-electron chi connectivity index (χ0n) is 16.0. The molecule has 3 heterocycles. The fraction of sp³-hybridized carbons (Fsp3) is 0.524. The average molecular weight is 410 g/mol. The van der Waals surface area contributed by atoms with Crippen molar-refractivity contribution in [2.75, 3.05) is 26.2 Å². The van der Waals surface area contributed by atoms with Crippen molar-refractivity contribution in [1.82, 2.24) is 15.2 Å². The van der Waals surface area contributed by atoms with Gasteiger partial charge in [-0.3, -0.25) is 9.78 Å². The second kappa shape index (κ2) is 9.22. The maximum atomic E-state index is 13.3. The Morgan fingerprint density at radius 2 is 1.74 bits per heavy atom. The van der Waals surface area contributed by atoms with Crippen molar-refractivity contribution in [3.05, 3.63) is 41.6 Å². The fourth-order valence-corrected chi connectivity index (χ4v) is 4.26. The van der Waals surface area contributed by atoms with E-state index in [2.05, 4.69) is 24.1 Å². The highest BCUT2D eigenvalue weighted by Gasteiger charge is 2.32. The molecule has 1 N–H and O–H groups in total. The highest BCUT2D eigenvalue weighted by atomic mass is 35.5. The number of carbonyl (C=O) groups excluding carboxylic acids is 1. The topological polar surface area (TPSA) is 45.2 Å². The summed E-state index contributed by atoms with van der Waals surface area (Å²) in [6.45, 7) is 8.23. The van der Waals surface area contributed by atoms with Crippen LogP contribution in [0.1, 0.15) is 48.7 Å². The van der Waals surface area contributed by atoms with Crippen molar-refractivity contribution in [1.29, 1.82) is 0 Å². The first-order valence-electron chi connectivity index (χ1n) is 9.53. The Kier molecular flexibility index (Phi) is 7.49. The van der Waals surface area contributed by atoms with Crippen molar-refractivity contribution in [2.24, 2.45) is 11.8 Å². The van der Waals surface area contributed by atoms with Crippen molar-refractivity contribution >= 4 is 41.6 Å². The Labute approximate surface area is 173 Å². The predicted molar refractivity (Wildman–Crippen MR) is 115 cm³/mol. The van der Waals surface area contributed by atoms with Crippen molar-refractivity contribution in [3.8, 4) is 0 Å². The van der Waals surface area contributed by atoms with Gasteiger partial charge in [-0.25, -0.2) is 0 Å². The summed E-state index contributed by atoms with van der Waals surface area (Å²) in [6, 6.07) is 10.0. The Morgan fingerprint density at radius 1 is 1.11 bits per heavy atom. The number of para-hydroxylation sites is 1. The van der Waals surface area contributed by atoms with Gasteiger partial charge in [0.2, 0.25) is 0 Å². The van der Waals surface area contributed by atoms with Gasteiger partial charge in [0.25, 0.3) is 5.91 Å². The molecule has 0 aliphatic carbocycles. The van der Waals surface area contributed by atoms with E-state index in [0.717, 1.165) is 73.0 Å². The van der Waals surface area contributed by atoms with Crippen LogP contribution in [0.3, 0.4) is 0 Å². The summed E-state index contributed by atoms with van der Waals surface area (Å²) < 4.78 is 0. The normalized spacial score (nSPS) is 22.0. The molecule has 2 aliphatic heterocycles. The molecule has 2 saturated heterocycles. The van der Waals surface area contributed by atoms with Crippen LogP contribution < -0.4 is 5.32 Å². The highest BCUT2D eigenvalue weighted by molar-refractivity contribution is 6.06. The zero-order chi connectivity index (χ0) is 17.4. The lowest BCUT2D eigenvalue weighted by molar-refractivity contribution is 0.0760. The summed E-state index contributed by atoms with van der Waals surface area (Å²) in [4.78, 5) is 20.2. The van der Waals surface area contributed by atoms with Gasteiger partial charge in [0.15, 0.2) is 0 Å². The van der Waals surface area contributed by atoms with Crippen LogP contribution in [0, 0.1) is 11.8 Å². The number of fused-ring (bicyclic) bond motifs is 2. The third kappa shape index (κ3) is 4.39. The first-order valence-corrected chi connectivity index (χ1v) is 9.53. The number of likely N-dealkylation sites (tertiary alicyclic amines) is 1. The second-order valence-electron chi connectivity index (χ2n) is 7.81. The van der Waals surface area contributed by atoms with Crippen LogP contribution in [-0.4, -0.2) is 42.0 Å². The van der Waals surface area contributed by atoms with E-state index in [4.69, 9.17) is 4.98 Å². The van der Waals surface area contributed by atoms with E-state index in [9.17, 15) is 4.79 Å². The van der Waals surface area contributed by atoms with Crippen molar-refractivity contribution in [3.63, 3.8) is 0 Å². The first-order chi connectivity index (χ1) is 12.1. The van der Waals surface area contributed by atoms with Gasteiger partial charge < -0.3 is 10.2 Å². The Bertz CT molecular complexity index is 782. The lowest BCUT2D eigenvalue weighted by Crippen LogP contribution is -2.33. The van der Waals surface area contributed by atoms with E-state index in [0.29, 0.717) is 5.92 Å². The maximum Gasteiger partial charge on any atom is 0.254 e. The highest BCUT2D eigenvalue weighted by Crippen LogP contribution is 2.29. The molecule has 0 unspecified atom stereocenters. The molecule has 0 radical (unpaired) electrons. The van der Waals surface area contributed by atoms with E-state index >= 15 is 0 Å². The minimum absolute atomic E-state index is 0. The van der Waals surface area contributed by atoms with Gasteiger partial charge in [0, 0.05) is 24.2 Å². The number of pyridine rings is 1. The number of carbonyl (C=O) groups is 1. The van der Waals surface area contributed by atoms with Crippen molar-refractivity contribution in [2.45, 2.75) is 32.6 Å². The third-order valence-electron chi connectivity index (χ3n) is 5.86. The molecule has 1 aromatic heterocycles. The van der Waals surface area contributed by atoms with Crippen molar-refractivity contribution < 1.29 is 4.79 Å². The first kappa shape index (κ1) is 21.9. The SMILES string of the molecule is CC(C)c1cc(C(=O)N2CC[C@@H]3CNC[C@@H]3CC2)c2ccccc2n1.Cl.Cl. The molecule has 2 aliphatic rings. The molecular formula is C21H29Cl2N3O. The van der Waals surface area contributed by atoms with E-state index in [-0.39, 0.29) is 30.7 Å². The number of amides is 1.